The van der Waals surface area contributed by atoms with Crippen LogP contribution in [0.15, 0.2) is 30.6 Å². The third-order valence-corrected chi connectivity index (χ3v) is 2.90. The third-order valence-electron chi connectivity index (χ3n) is 2.90. The number of carbonyl (C=O) groups is 1. The lowest BCUT2D eigenvalue weighted by atomic mass is 10.0. The maximum absolute atomic E-state index is 12.1. The lowest BCUT2D eigenvalue weighted by Gasteiger charge is -2.13. The van der Waals surface area contributed by atoms with Gasteiger partial charge in [-0.25, -0.2) is 4.98 Å². The Balaban J connectivity index is 2.12. The first-order valence-electron chi connectivity index (χ1n) is 5.95. The summed E-state index contributed by atoms with van der Waals surface area (Å²) in [5, 5.41) is 2.93. The topological polar surface area (TPSA) is 57.8 Å². The fourth-order valence-electron chi connectivity index (χ4n) is 1.93. The Morgan fingerprint density at radius 2 is 2.17 bits per heavy atom. The van der Waals surface area contributed by atoms with Crippen LogP contribution in [0.25, 0.3) is 0 Å². The van der Waals surface area contributed by atoms with Crippen molar-refractivity contribution in [1.82, 2.24) is 15.3 Å². The van der Waals surface area contributed by atoms with Gasteiger partial charge < -0.3 is 10.3 Å². The van der Waals surface area contributed by atoms with E-state index in [9.17, 15) is 4.79 Å². The standard InChI is InChI=1S/C14H17N3O/c1-9-4-5-12(10(2)8-9)14(18)17-11(3)13-15-6-7-16-13/h4-8,11H,1-3H3,(H,15,16)(H,17,18). The van der Waals surface area contributed by atoms with Gasteiger partial charge in [0, 0.05) is 18.0 Å². The van der Waals surface area contributed by atoms with Crippen LogP contribution >= 0.6 is 0 Å². The van der Waals surface area contributed by atoms with Crippen LogP contribution in [0.2, 0.25) is 0 Å². The van der Waals surface area contributed by atoms with Gasteiger partial charge in [-0.15, -0.1) is 0 Å². The molecule has 4 heteroatoms. The molecule has 0 saturated heterocycles. The smallest absolute Gasteiger partial charge is 0.252 e. The molecule has 94 valence electrons. The van der Waals surface area contributed by atoms with Crippen LogP contribution in [0.5, 0.6) is 0 Å². The van der Waals surface area contributed by atoms with Crippen LogP contribution in [0, 0.1) is 13.8 Å². The number of imidazole rings is 1. The summed E-state index contributed by atoms with van der Waals surface area (Å²) in [6, 6.07) is 5.68. The number of nitrogens with zero attached hydrogens (tertiary/aromatic N) is 1. The van der Waals surface area contributed by atoms with Crippen LogP contribution in [0.4, 0.5) is 0 Å². The lowest BCUT2D eigenvalue weighted by Crippen LogP contribution is -2.27. The maximum atomic E-state index is 12.1. The Labute approximate surface area is 106 Å². The van der Waals surface area contributed by atoms with Gasteiger partial charge in [-0.1, -0.05) is 17.7 Å². The van der Waals surface area contributed by atoms with Gasteiger partial charge in [-0.05, 0) is 32.4 Å². The van der Waals surface area contributed by atoms with Crippen LogP contribution < -0.4 is 5.32 Å². The largest absolute Gasteiger partial charge is 0.347 e. The molecule has 0 aliphatic rings. The zero-order chi connectivity index (χ0) is 13.1. The predicted octanol–water partition coefficient (Wildman–Crippen LogP) is 2.52. The van der Waals surface area contributed by atoms with Crippen LogP contribution in [-0.2, 0) is 0 Å². The lowest BCUT2D eigenvalue weighted by molar-refractivity contribution is 0.0938. The van der Waals surface area contributed by atoms with Gasteiger partial charge in [0.2, 0.25) is 0 Å². The van der Waals surface area contributed by atoms with Crippen molar-refractivity contribution >= 4 is 5.91 Å². The van der Waals surface area contributed by atoms with Crippen molar-refractivity contribution in [2.45, 2.75) is 26.8 Å². The molecule has 1 aromatic carbocycles. The molecule has 1 atom stereocenters. The SMILES string of the molecule is Cc1ccc(C(=O)NC(C)c2ncc[nH]2)c(C)c1. The van der Waals surface area contributed by atoms with E-state index in [-0.39, 0.29) is 11.9 Å². The first kappa shape index (κ1) is 12.4. The number of benzene rings is 1. The Kier molecular flexibility index (Phi) is 3.46. The summed E-state index contributed by atoms with van der Waals surface area (Å²) in [6.07, 6.45) is 3.42. The summed E-state index contributed by atoms with van der Waals surface area (Å²) in [6.45, 7) is 5.86. The molecule has 1 aromatic heterocycles. The molecule has 0 radical (unpaired) electrons. The number of hydrogen-bond donors (Lipinski definition) is 2. The quantitative estimate of drug-likeness (QED) is 0.870. The number of hydrogen-bond acceptors (Lipinski definition) is 2. The van der Waals surface area contributed by atoms with E-state index in [0.29, 0.717) is 5.56 Å². The molecule has 4 nitrogen and oxygen atoms in total. The average molecular weight is 243 g/mol. The average Bonchev–Trinajstić information content (AvgIpc) is 2.81. The molecule has 0 spiro atoms. The molecule has 1 amide bonds. The van der Waals surface area contributed by atoms with Crippen molar-refractivity contribution in [3.8, 4) is 0 Å². The van der Waals surface area contributed by atoms with Crippen LogP contribution in [0.3, 0.4) is 0 Å². The van der Waals surface area contributed by atoms with Gasteiger partial charge in [-0.2, -0.15) is 0 Å². The first-order valence-corrected chi connectivity index (χ1v) is 5.95. The van der Waals surface area contributed by atoms with E-state index in [1.807, 2.05) is 39.0 Å². The summed E-state index contributed by atoms with van der Waals surface area (Å²) < 4.78 is 0. The second-order valence-electron chi connectivity index (χ2n) is 4.49. The summed E-state index contributed by atoms with van der Waals surface area (Å²) in [5.41, 5.74) is 2.85. The molecular formula is C14H17N3O. The van der Waals surface area contributed by atoms with Crippen molar-refractivity contribution in [3.63, 3.8) is 0 Å². The van der Waals surface area contributed by atoms with Crippen molar-refractivity contribution in [1.29, 1.82) is 0 Å². The summed E-state index contributed by atoms with van der Waals surface area (Å²) in [7, 11) is 0. The predicted molar refractivity (Wildman–Crippen MR) is 70.4 cm³/mol. The van der Waals surface area contributed by atoms with Gasteiger partial charge in [0.15, 0.2) is 0 Å². The number of aryl methyl sites for hydroxylation is 2. The highest BCUT2D eigenvalue weighted by molar-refractivity contribution is 5.95. The zero-order valence-electron chi connectivity index (χ0n) is 10.8. The third kappa shape index (κ3) is 2.59. The molecular weight excluding hydrogens is 226 g/mol. The van der Waals surface area contributed by atoms with Crippen molar-refractivity contribution in [2.24, 2.45) is 0 Å². The molecule has 2 N–H and O–H groups in total. The zero-order valence-corrected chi connectivity index (χ0v) is 10.8. The van der Waals surface area contributed by atoms with Gasteiger partial charge >= 0.3 is 0 Å². The molecule has 2 rings (SSSR count). The van der Waals surface area contributed by atoms with Gasteiger partial charge in [0.05, 0.1) is 6.04 Å². The molecule has 0 aliphatic carbocycles. The van der Waals surface area contributed by atoms with Gasteiger partial charge in [-0.3, -0.25) is 4.79 Å². The molecule has 1 unspecified atom stereocenters. The molecule has 2 aromatic rings. The number of rotatable bonds is 3. The maximum Gasteiger partial charge on any atom is 0.252 e. The number of aromatic nitrogens is 2. The van der Waals surface area contributed by atoms with Crippen LogP contribution in [0.1, 0.15) is 40.3 Å². The van der Waals surface area contributed by atoms with E-state index in [4.69, 9.17) is 0 Å². The van der Waals surface area contributed by atoms with Crippen LogP contribution in [-0.4, -0.2) is 15.9 Å². The fraction of sp³-hybridized carbons (Fsp3) is 0.286. The number of H-pyrrole nitrogens is 1. The Morgan fingerprint density at radius 3 is 2.78 bits per heavy atom. The van der Waals surface area contributed by atoms with Crippen molar-refractivity contribution < 1.29 is 4.79 Å². The number of aromatic amines is 1. The van der Waals surface area contributed by atoms with Gasteiger partial charge in [0.25, 0.3) is 5.91 Å². The molecule has 0 bridgehead atoms. The molecule has 0 aliphatic heterocycles. The number of nitrogens with one attached hydrogen (secondary N) is 2. The Bertz CT molecular complexity index is 546. The monoisotopic (exact) mass is 243 g/mol. The Morgan fingerprint density at radius 1 is 1.39 bits per heavy atom. The minimum atomic E-state index is -0.131. The van der Waals surface area contributed by atoms with E-state index in [2.05, 4.69) is 15.3 Å². The minimum Gasteiger partial charge on any atom is -0.347 e. The number of amides is 1. The molecule has 1 heterocycles. The molecule has 18 heavy (non-hydrogen) atoms. The van der Waals surface area contributed by atoms with Gasteiger partial charge in [0.1, 0.15) is 5.82 Å². The highest BCUT2D eigenvalue weighted by atomic mass is 16.1. The highest BCUT2D eigenvalue weighted by Crippen LogP contribution is 2.13. The summed E-state index contributed by atoms with van der Waals surface area (Å²) in [5.74, 6) is 0.685. The second kappa shape index (κ2) is 5.04. The highest BCUT2D eigenvalue weighted by Gasteiger charge is 2.14. The second-order valence-corrected chi connectivity index (χ2v) is 4.49. The molecule has 0 fully saturated rings. The molecule has 0 saturated carbocycles. The summed E-state index contributed by atoms with van der Waals surface area (Å²) >= 11 is 0. The normalized spacial score (nSPS) is 12.2. The van der Waals surface area contributed by atoms with E-state index >= 15 is 0 Å². The fourth-order valence-corrected chi connectivity index (χ4v) is 1.93. The van der Waals surface area contributed by atoms with E-state index in [1.165, 1.54) is 0 Å². The van der Waals surface area contributed by atoms with E-state index in [1.54, 1.807) is 12.4 Å². The summed E-state index contributed by atoms with van der Waals surface area (Å²) in [4.78, 5) is 19.3. The van der Waals surface area contributed by atoms with Crippen molar-refractivity contribution in [3.05, 3.63) is 53.1 Å². The first-order chi connectivity index (χ1) is 8.58. The Hall–Kier alpha value is -2.10. The minimum absolute atomic E-state index is 0.0728. The number of carbonyl (C=O) groups excluding carboxylic acids is 1. The van der Waals surface area contributed by atoms with E-state index < -0.39 is 0 Å². The van der Waals surface area contributed by atoms with E-state index in [0.717, 1.165) is 17.0 Å². The van der Waals surface area contributed by atoms with Crippen molar-refractivity contribution in [2.75, 3.05) is 0 Å².